The maximum atomic E-state index is 14.0. The van der Waals surface area contributed by atoms with Crippen molar-refractivity contribution >= 4 is 0 Å². The summed E-state index contributed by atoms with van der Waals surface area (Å²) in [5.41, 5.74) is 1.14. The van der Waals surface area contributed by atoms with E-state index >= 15 is 0 Å². The van der Waals surface area contributed by atoms with Crippen molar-refractivity contribution in [1.82, 2.24) is 9.97 Å². The Morgan fingerprint density at radius 1 is 1.00 bits per heavy atom. The molecular weight excluding hydrogens is 215 g/mol. The SMILES string of the molecule is CC(C)(C)c1c(F)cccc1-c1ncccn1. The second-order valence-electron chi connectivity index (χ2n) is 4.98. The molecule has 1 aromatic heterocycles. The summed E-state index contributed by atoms with van der Waals surface area (Å²) in [5, 5.41) is 0. The summed E-state index contributed by atoms with van der Waals surface area (Å²) in [6.07, 6.45) is 3.33. The second kappa shape index (κ2) is 4.24. The average Bonchev–Trinajstić information content (AvgIpc) is 2.28. The smallest absolute Gasteiger partial charge is 0.159 e. The Morgan fingerprint density at radius 2 is 1.65 bits per heavy atom. The van der Waals surface area contributed by atoms with E-state index in [-0.39, 0.29) is 11.2 Å². The lowest BCUT2D eigenvalue weighted by atomic mass is 9.83. The lowest BCUT2D eigenvalue weighted by Gasteiger charge is -2.22. The van der Waals surface area contributed by atoms with Crippen LogP contribution in [0.2, 0.25) is 0 Å². The van der Waals surface area contributed by atoms with Crippen LogP contribution in [0.1, 0.15) is 26.3 Å². The number of nitrogens with zero attached hydrogens (tertiary/aromatic N) is 2. The van der Waals surface area contributed by atoms with Crippen LogP contribution in [-0.4, -0.2) is 9.97 Å². The molecule has 0 unspecified atom stereocenters. The van der Waals surface area contributed by atoms with Gasteiger partial charge in [-0.05, 0) is 17.5 Å². The molecule has 1 aromatic carbocycles. The van der Waals surface area contributed by atoms with Crippen molar-refractivity contribution in [2.75, 3.05) is 0 Å². The van der Waals surface area contributed by atoms with E-state index in [1.54, 1.807) is 24.5 Å². The summed E-state index contributed by atoms with van der Waals surface area (Å²) in [4.78, 5) is 8.37. The summed E-state index contributed by atoms with van der Waals surface area (Å²) in [5.74, 6) is 0.361. The van der Waals surface area contributed by atoms with Crippen molar-refractivity contribution in [3.05, 3.63) is 48.0 Å². The van der Waals surface area contributed by atoms with E-state index in [1.807, 2.05) is 26.8 Å². The van der Waals surface area contributed by atoms with Crippen molar-refractivity contribution in [2.24, 2.45) is 0 Å². The summed E-state index contributed by atoms with van der Waals surface area (Å²) in [6.45, 7) is 5.95. The van der Waals surface area contributed by atoms with Crippen molar-refractivity contribution < 1.29 is 4.39 Å². The summed E-state index contributed by atoms with van der Waals surface area (Å²) in [6, 6.07) is 6.78. The van der Waals surface area contributed by atoms with Gasteiger partial charge in [0.05, 0.1) is 0 Å². The van der Waals surface area contributed by atoms with Crippen LogP contribution in [-0.2, 0) is 5.41 Å². The number of aromatic nitrogens is 2. The monoisotopic (exact) mass is 230 g/mol. The van der Waals surface area contributed by atoms with Gasteiger partial charge in [-0.2, -0.15) is 0 Å². The van der Waals surface area contributed by atoms with Crippen LogP contribution < -0.4 is 0 Å². The van der Waals surface area contributed by atoms with Crippen molar-refractivity contribution in [2.45, 2.75) is 26.2 Å². The normalized spacial score (nSPS) is 11.5. The maximum Gasteiger partial charge on any atom is 0.159 e. The molecule has 0 aliphatic carbocycles. The highest BCUT2D eigenvalue weighted by Gasteiger charge is 2.23. The Balaban J connectivity index is 2.67. The van der Waals surface area contributed by atoms with Gasteiger partial charge < -0.3 is 0 Å². The Kier molecular flexibility index (Phi) is 2.92. The third kappa shape index (κ3) is 2.33. The molecule has 2 nitrogen and oxygen atoms in total. The predicted octanol–water partition coefficient (Wildman–Crippen LogP) is 3.58. The molecule has 2 aromatic rings. The Morgan fingerprint density at radius 3 is 2.24 bits per heavy atom. The first-order valence-electron chi connectivity index (χ1n) is 5.56. The Hall–Kier alpha value is -1.77. The van der Waals surface area contributed by atoms with E-state index in [9.17, 15) is 4.39 Å². The molecule has 0 saturated carbocycles. The topological polar surface area (TPSA) is 25.8 Å². The highest BCUT2D eigenvalue weighted by atomic mass is 19.1. The van der Waals surface area contributed by atoms with Gasteiger partial charge in [0.2, 0.25) is 0 Å². The molecule has 0 fully saturated rings. The zero-order valence-corrected chi connectivity index (χ0v) is 10.2. The summed E-state index contributed by atoms with van der Waals surface area (Å²) in [7, 11) is 0. The third-order valence-corrected chi connectivity index (χ3v) is 2.57. The Labute approximate surface area is 101 Å². The van der Waals surface area contributed by atoms with Gasteiger partial charge in [-0.15, -0.1) is 0 Å². The van der Waals surface area contributed by atoms with Crippen LogP contribution in [0.5, 0.6) is 0 Å². The third-order valence-electron chi connectivity index (χ3n) is 2.57. The fourth-order valence-electron chi connectivity index (χ4n) is 1.91. The molecule has 0 bridgehead atoms. The molecule has 0 spiro atoms. The van der Waals surface area contributed by atoms with Crippen LogP contribution in [0.15, 0.2) is 36.7 Å². The number of hydrogen-bond donors (Lipinski definition) is 0. The molecule has 0 N–H and O–H groups in total. The summed E-state index contributed by atoms with van der Waals surface area (Å²) >= 11 is 0. The number of halogens is 1. The van der Waals surface area contributed by atoms with Gasteiger partial charge in [0.1, 0.15) is 5.82 Å². The predicted molar refractivity (Wildman–Crippen MR) is 66.1 cm³/mol. The molecule has 0 aliphatic rings. The fourth-order valence-corrected chi connectivity index (χ4v) is 1.91. The Bertz CT molecular complexity index is 515. The molecule has 3 heteroatoms. The van der Waals surface area contributed by atoms with Gasteiger partial charge >= 0.3 is 0 Å². The number of rotatable bonds is 1. The first-order chi connectivity index (χ1) is 8.00. The molecule has 1 heterocycles. The van der Waals surface area contributed by atoms with E-state index < -0.39 is 0 Å². The van der Waals surface area contributed by atoms with E-state index in [2.05, 4.69) is 9.97 Å². The van der Waals surface area contributed by atoms with Crippen molar-refractivity contribution in [3.8, 4) is 11.4 Å². The van der Waals surface area contributed by atoms with Gasteiger partial charge in [0.15, 0.2) is 5.82 Å². The molecule has 2 rings (SSSR count). The first kappa shape index (κ1) is 11.7. The van der Waals surface area contributed by atoms with Gasteiger partial charge in [-0.25, -0.2) is 14.4 Å². The van der Waals surface area contributed by atoms with Gasteiger partial charge in [0.25, 0.3) is 0 Å². The lowest BCUT2D eigenvalue weighted by molar-refractivity contribution is 0.524. The molecule has 0 saturated heterocycles. The molecule has 88 valence electrons. The average molecular weight is 230 g/mol. The van der Waals surface area contributed by atoms with Gasteiger partial charge in [-0.1, -0.05) is 32.9 Å². The van der Waals surface area contributed by atoms with Crippen LogP contribution in [0, 0.1) is 5.82 Å². The van der Waals surface area contributed by atoms with Crippen LogP contribution >= 0.6 is 0 Å². The highest BCUT2D eigenvalue weighted by molar-refractivity contribution is 5.62. The minimum Gasteiger partial charge on any atom is -0.237 e. The minimum atomic E-state index is -0.278. The van der Waals surface area contributed by atoms with Crippen molar-refractivity contribution in [1.29, 1.82) is 0 Å². The van der Waals surface area contributed by atoms with E-state index in [1.165, 1.54) is 6.07 Å². The highest BCUT2D eigenvalue weighted by Crippen LogP contribution is 2.33. The second-order valence-corrected chi connectivity index (χ2v) is 4.98. The largest absolute Gasteiger partial charge is 0.237 e. The minimum absolute atomic E-state index is 0.206. The molecule has 0 atom stereocenters. The van der Waals surface area contributed by atoms with Crippen molar-refractivity contribution in [3.63, 3.8) is 0 Å². The fraction of sp³-hybridized carbons (Fsp3) is 0.286. The maximum absolute atomic E-state index is 14.0. The van der Waals surface area contributed by atoms with Gasteiger partial charge in [-0.3, -0.25) is 0 Å². The summed E-state index contributed by atoms with van der Waals surface area (Å²) < 4.78 is 14.0. The van der Waals surface area contributed by atoms with Crippen LogP contribution in [0.4, 0.5) is 4.39 Å². The lowest BCUT2D eigenvalue weighted by Crippen LogP contribution is -2.15. The molecular formula is C14H15FN2. The zero-order chi connectivity index (χ0) is 12.5. The quantitative estimate of drug-likeness (QED) is 0.748. The molecule has 0 aliphatic heterocycles. The van der Waals surface area contributed by atoms with E-state index in [0.29, 0.717) is 11.4 Å². The zero-order valence-electron chi connectivity index (χ0n) is 10.2. The van der Waals surface area contributed by atoms with Crippen LogP contribution in [0.25, 0.3) is 11.4 Å². The van der Waals surface area contributed by atoms with E-state index in [4.69, 9.17) is 0 Å². The van der Waals surface area contributed by atoms with E-state index in [0.717, 1.165) is 5.56 Å². The number of benzene rings is 1. The molecule has 0 amide bonds. The molecule has 17 heavy (non-hydrogen) atoms. The standard InChI is InChI=1S/C14H15FN2/c1-14(2,3)12-10(6-4-7-11(12)15)13-16-8-5-9-17-13/h4-9H,1-3H3. The van der Waals surface area contributed by atoms with Crippen LogP contribution in [0.3, 0.4) is 0 Å². The molecule has 0 radical (unpaired) electrons. The van der Waals surface area contributed by atoms with Gasteiger partial charge in [0, 0.05) is 23.5 Å². The first-order valence-corrected chi connectivity index (χ1v) is 5.56. The number of hydrogen-bond acceptors (Lipinski definition) is 2.